The summed E-state index contributed by atoms with van der Waals surface area (Å²) < 4.78 is 0. The van der Waals surface area contributed by atoms with E-state index in [-0.39, 0.29) is 0 Å². The van der Waals surface area contributed by atoms with E-state index in [1.165, 1.54) is 10.8 Å². The molecule has 0 aliphatic carbocycles. The first kappa shape index (κ1) is 5.82. The van der Waals surface area contributed by atoms with Crippen molar-refractivity contribution in [1.29, 1.82) is 0 Å². The van der Waals surface area contributed by atoms with Crippen LogP contribution < -0.4 is 5.43 Å². The molecule has 0 aromatic heterocycles. The maximum Gasteiger partial charge on any atom is 0.0450 e. The summed E-state index contributed by atoms with van der Waals surface area (Å²) in [5.74, 6) is 2.64. The minimum Gasteiger partial charge on any atom is -0.276 e. The number of hydrazone groups is 1. The maximum atomic E-state index is 3.96. The average Bonchev–Trinajstić information content (AvgIpc) is 1.90. The number of thiol groups is 1. The van der Waals surface area contributed by atoms with Crippen molar-refractivity contribution in [3.8, 4) is 0 Å². The van der Waals surface area contributed by atoms with Crippen molar-refractivity contribution in [2.45, 2.75) is 0 Å². The van der Waals surface area contributed by atoms with Crippen molar-refractivity contribution < 1.29 is 0 Å². The highest BCUT2D eigenvalue weighted by Gasteiger charge is 1.88. The van der Waals surface area contributed by atoms with Crippen LogP contribution in [0, 0.1) is 0 Å². The Morgan fingerprint density at radius 1 is 1.88 bits per heavy atom. The minimum absolute atomic E-state index is 1.02. The van der Waals surface area contributed by atoms with E-state index >= 15 is 0 Å². The summed E-state index contributed by atoms with van der Waals surface area (Å²) in [6.07, 6.45) is 3.52. The molecule has 42 valence electrons. The minimum atomic E-state index is 1.02. The van der Waals surface area contributed by atoms with E-state index in [0.29, 0.717) is 0 Å². The number of nitrogens with zero attached hydrogens (tertiary/aromatic N) is 1. The highest BCUT2D eigenvalue weighted by molar-refractivity contribution is 8.70. The number of hydrogen-bond donors (Lipinski definition) is 2. The lowest BCUT2D eigenvalue weighted by Crippen LogP contribution is -1.95. The van der Waals surface area contributed by atoms with Crippen LogP contribution in [0.2, 0.25) is 0 Å². The van der Waals surface area contributed by atoms with Gasteiger partial charge in [-0.15, -0.1) is 16.8 Å². The standard InChI is InChI=1S/C4H4N2S2/c7-8-4-1-2-5-6-3-4/h1,3,6-7H. The molecule has 0 fully saturated rings. The van der Waals surface area contributed by atoms with Crippen LogP contribution in [-0.4, -0.2) is 5.87 Å². The van der Waals surface area contributed by atoms with Crippen LogP contribution in [0.4, 0.5) is 0 Å². The summed E-state index contributed by atoms with van der Waals surface area (Å²) in [7, 11) is 1.36. The van der Waals surface area contributed by atoms with Gasteiger partial charge in [0.15, 0.2) is 0 Å². The van der Waals surface area contributed by atoms with Gasteiger partial charge in [-0.3, -0.25) is 5.43 Å². The lowest BCUT2D eigenvalue weighted by atomic mass is 10.6. The van der Waals surface area contributed by atoms with Crippen LogP contribution in [0.1, 0.15) is 0 Å². The van der Waals surface area contributed by atoms with Gasteiger partial charge in [0.05, 0.1) is 0 Å². The topological polar surface area (TPSA) is 24.4 Å². The van der Waals surface area contributed by atoms with E-state index in [4.69, 9.17) is 0 Å². The zero-order chi connectivity index (χ0) is 5.82. The van der Waals surface area contributed by atoms with Crippen molar-refractivity contribution in [2.24, 2.45) is 5.10 Å². The predicted octanol–water partition coefficient (Wildman–Crippen LogP) is 1.15. The predicted molar refractivity (Wildman–Crippen MR) is 39.8 cm³/mol. The Morgan fingerprint density at radius 3 is 3.12 bits per heavy atom. The SMILES string of the molecule is SSC1=CNN=C=C1. The molecule has 0 amide bonds. The second-order valence-corrected chi connectivity index (χ2v) is 2.35. The molecule has 1 N–H and O–H groups in total. The molecule has 0 bridgehead atoms. The second-order valence-electron chi connectivity index (χ2n) is 1.15. The molecule has 0 aromatic rings. The van der Waals surface area contributed by atoms with Crippen LogP contribution in [0.5, 0.6) is 0 Å². The lowest BCUT2D eigenvalue weighted by molar-refractivity contribution is 0.971. The molecule has 2 nitrogen and oxygen atoms in total. The van der Waals surface area contributed by atoms with Crippen LogP contribution in [0.3, 0.4) is 0 Å². The van der Waals surface area contributed by atoms with E-state index in [1.807, 2.05) is 0 Å². The first-order chi connectivity index (χ1) is 3.93. The first-order valence-electron chi connectivity index (χ1n) is 1.99. The molecule has 0 saturated heterocycles. The Bertz CT molecular complexity index is 167. The lowest BCUT2D eigenvalue weighted by Gasteiger charge is -1.95. The molecular weight excluding hydrogens is 140 g/mol. The van der Waals surface area contributed by atoms with Gasteiger partial charge in [0.25, 0.3) is 0 Å². The number of allylic oxidation sites excluding steroid dienone is 1. The van der Waals surface area contributed by atoms with E-state index in [0.717, 1.165) is 4.91 Å². The summed E-state index contributed by atoms with van der Waals surface area (Å²) in [4.78, 5) is 1.02. The Labute approximate surface area is 56.5 Å². The third-order valence-corrected chi connectivity index (χ3v) is 1.73. The largest absolute Gasteiger partial charge is 0.276 e. The van der Waals surface area contributed by atoms with Crippen molar-refractivity contribution in [2.75, 3.05) is 0 Å². The van der Waals surface area contributed by atoms with Gasteiger partial charge in [0.2, 0.25) is 0 Å². The van der Waals surface area contributed by atoms with Gasteiger partial charge in [-0.05, 0) is 0 Å². The van der Waals surface area contributed by atoms with E-state index in [1.54, 1.807) is 12.3 Å². The molecule has 0 spiro atoms. The van der Waals surface area contributed by atoms with Crippen molar-refractivity contribution in [1.82, 2.24) is 5.43 Å². The molecular formula is C4H4N2S2. The van der Waals surface area contributed by atoms with Gasteiger partial charge in [-0.1, -0.05) is 10.8 Å². The molecule has 0 saturated carbocycles. The summed E-state index contributed by atoms with van der Waals surface area (Å²) in [5.41, 5.74) is 2.64. The summed E-state index contributed by atoms with van der Waals surface area (Å²) in [6, 6.07) is 0. The Kier molecular flexibility index (Phi) is 2.09. The Balaban J connectivity index is 2.68. The van der Waals surface area contributed by atoms with Gasteiger partial charge in [0.1, 0.15) is 0 Å². The molecule has 0 aromatic carbocycles. The van der Waals surface area contributed by atoms with Gasteiger partial charge in [-0.2, -0.15) is 0 Å². The fraction of sp³-hybridized carbons (Fsp3) is 0. The van der Waals surface area contributed by atoms with Crippen LogP contribution in [0.25, 0.3) is 0 Å². The summed E-state index contributed by atoms with van der Waals surface area (Å²) in [5, 5.41) is 3.60. The smallest absolute Gasteiger partial charge is 0.0450 e. The monoisotopic (exact) mass is 144 g/mol. The van der Waals surface area contributed by atoms with Crippen molar-refractivity contribution in [3.05, 3.63) is 17.2 Å². The summed E-state index contributed by atoms with van der Waals surface area (Å²) in [6.45, 7) is 0. The third kappa shape index (κ3) is 1.33. The van der Waals surface area contributed by atoms with Gasteiger partial charge >= 0.3 is 0 Å². The van der Waals surface area contributed by atoms with Gasteiger partial charge < -0.3 is 0 Å². The number of nitrogens with one attached hydrogen (secondary N) is 1. The highest BCUT2D eigenvalue weighted by Crippen LogP contribution is 2.19. The normalized spacial score (nSPS) is 15.4. The quantitative estimate of drug-likeness (QED) is 0.426. The maximum absolute atomic E-state index is 3.96. The fourth-order valence-electron chi connectivity index (χ4n) is 0.323. The third-order valence-electron chi connectivity index (χ3n) is 0.648. The number of rotatable bonds is 1. The van der Waals surface area contributed by atoms with Crippen LogP contribution in [0.15, 0.2) is 22.3 Å². The Morgan fingerprint density at radius 2 is 2.75 bits per heavy atom. The molecule has 1 aliphatic rings. The molecule has 0 unspecified atom stereocenters. The molecule has 1 aliphatic heterocycles. The van der Waals surface area contributed by atoms with Crippen LogP contribution >= 0.6 is 22.5 Å². The van der Waals surface area contributed by atoms with E-state index < -0.39 is 0 Å². The van der Waals surface area contributed by atoms with E-state index in [2.05, 4.69) is 28.1 Å². The Hall–Kier alpha value is -0.310. The van der Waals surface area contributed by atoms with Crippen LogP contribution in [-0.2, 0) is 0 Å². The average molecular weight is 144 g/mol. The highest BCUT2D eigenvalue weighted by atomic mass is 33.1. The van der Waals surface area contributed by atoms with Crippen molar-refractivity contribution >= 4 is 28.3 Å². The molecule has 8 heavy (non-hydrogen) atoms. The first-order valence-corrected chi connectivity index (χ1v) is 3.86. The molecule has 4 heteroatoms. The zero-order valence-corrected chi connectivity index (χ0v) is 5.67. The number of hydrogen-bond acceptors (Lipinski definition) is 4. The zero-order valence-electron chi connectivity index (χ0n) is 3.96. The summed E-state index contributed by atoms with van der Waals surface area (Å²) >= 11 is 3.96. The van der Waals surface area contributed by atoms with Crippen molar-refractivity contribution in [3.63, 3.8) is 0 Å². The molecule has 0 atom stereocenters. The fourth-order valence-corrected chi connectivity index (χ4v) is 0.850. The molecule has 1 rings (SSSR count). The molecule has 0 radical (unpaired) electrons. The van der Waals surface area contributed by atoms with Gasteiger partial charge in [-0.25, -0.2) is 0 Å². The second kappa shape index (κ2) is 2.87. The van der Waals surface area contributed by atoms with Gasteiger partial charge in [0, 0.05) is 23.1 Å². The van der Waals surface area contributed by atoms with E-state index in [9.17, 15) is 0 Å². The molecule has 1 heterocycles.